The van der Waals surface area contributed by atoms with Gasteiger partial charge in [0.15, 0.2) is 5.58 Å². The van der Waals surface area contributed by atoms with Gasteiger partial charge in [0.2, 0.25) is 11.6 Å². The third-order valence-corrected chi connectivity index (χ3v) is 5.16. The lowest BCUT2D eigenvalue weighted by Gasteiger charge is -2.11. The molecule has 3 amide bonds. The van der Waals surface area contributed by atoms with Crippen LogP contribution < -0.4 is 15.4 Å². The number of methoxy groups -OCH3 is 1. The van der Waals surface area contributed by atoms with Gasteiger partial charge < -0.3 is 24.7 Å². The van der Waals surface area contributed by atoms with E-state index in [-0.39, 0.29) is 45.7 Å². The van der Waals surface area contributed by atoms with E-state index >= 15 is 0 Å². The van der Waals surface area contributed by atoms with Crippen LogP contribution in [-0.4, -0.2) is 53.8 Å². The summed E-state index contributed by atoms with van der Waals surface area (Å²) in [5, 5.41) is 5.72. The number of nitrogens with zero attached hydrogens (tertiary/aromatic N) is 3. The number of furan rings is 1. The number of ether oxygens (including phenoxy) is 1. The van der Waals surface area contributed by atoms with Crippen LogP contribution in [0.5, 0.6) is 5.88 Å². The van der Waals surface area contributed by atoms with Gasteiger partial charge in [-0.3, -0.25) is 14.4 Å². The first-order chi connectivity index (χ1) is 16.8. The SMILES string of the molecule is COc1ccc2oc(C(=O)Nc3ccc(Cl)cn3)c(NC(=O)c3ccc(C(=O)N(C)C)cc3)c2n1. The topological polar surface area (TPSA) is 127 Å². The van der Waals surface area contributed by atoms with Crippen molar-refractivity contribution in [3.63, 3.8) is 0 Å². The third kappa shape index (κ3) is 5.07. The number of halogens is 1. The van der Waals surface area contributed by atoms with Gasteiger partial charge in [-0.1, -0.05) is 11.6 Å². The van der Waals surface area contributed by atoms with Crippen LogP contribution in [0.1, 0.15) is 31.3 Å². The highest BCUT2D eigenvalue weighted by Crippen LogP contribution is 2.32. The summed E-state index contributed by atoms with van der Waals surface area (Å²) in [5.41, 5.74) is 1.25. The van der Waals surface area contributed by atoms with Crippen molar-refractivity contribution >= 4 is 51.9 Å². The molecular weight excluding hydrogens is 474 g/mol. The molecule has 2 N–H and O–H groups in total. The average Bonchev–Trinajstić information content (AvgIpc) is 3.22. The summed E-state index contributed by atoms with van der Waals surface area (Å²) >= 11 is 5.85. The molecular formula is C24H20ClN5O5. The van der Waals surface area contributed by atoms with Gasteiger partial charge in [-0.05, 0) is 42.5 Å². The first-order valence-corrected chi connectivity index (χ1v) is 10.7. The second kappa shape index (κ2) is 9.82. The second-order valence-electron chi connectivity index (χ2n) is 7.55. The molecule has 11 heteroatoms. The molecule has 0 aliphatic carbocycles. The Hall–Kier alpha value is -4.44. The van der Waals surface area contributed by atoms with Crippen LogP contribution in [0, 0.1) is 0 Å². The molecule has 0 saturated carbocycles. The van der Waals surface area contributed by atoms with Crippen LogP contribution >= 0.6 is 11.6 Å². The lowest BCUT2D eigenvalue weighted by atomic mass is 10.1. The molecule has 0 aliphatic rings. The highest BCUT2D eigenvalue weighted by molar-refractivity contribution is 6.30. The summed E-state index contributed by atoms with van der Waals surface area (Å²) in [6, 6.07) is 12.4. The molecule has 3 aromatic heterocycles. The molecule has 0 spiro atoms. The van der Waals surface area contributed by atoms with Gasteiger partial charge in [-0.2, -0.15) is 0 Å². The van der Waals surface area contributed by atoms with Crippen LogP contribution in [-0.2, 0) is 0 Å². The van der Waals surface area contributed by atoms with Crippen LogP contribution in [0.3, 0.4) is 0 Å². The van der Waals surface area contributed by atoms with Gasteiger partial charge in [0, 0.05) is 37.5 Å². The van der Waals surface area contributed by atoms with E-state index in [0.29, 0.717) is 10.6 Å². The van der Waals surface area contributed by atoms with Crippen LogP contribution in [0.25, 0.3) is 11.1 Å². The number of aromatic nitrogens is 2. The smallest absolute Gasteiger partial charge is 0.294 e. The van der Waals surface area contributed by atoms with E-state index in [1.165, 1.54) is 36.4 Å². The van der Waals surface area contributed by atoms with Gasteiger partial charge in [0.05, 0.1) is 12.1 Å². The van der Waals surface area contributed by atoms with E-state index in [1.807, 2.05) is 0 Å². The first kappa shape index (κ1) is 23.7. The Morgan fingerprint density at radius 3 is 2.29 bits per heavy atom. The Labute approximate surface area is 204 Å². The number of rotatable bonds is 6. The maximum atomic E-state index is 13.0. The molecule has 0 saturated heterocycles. The predicted octanol–water partition coefficient (Wildman–Crippen LogP) is 4.09. The highest BCUT2D eigenvalue weighted by Gasteiger charge is 2.25. The van der Waals surface area contributed by atoms with Crippen molar-refractivity contribution in [1.29, 1.82) is 0 Å². The number of fused-ring (bicyclic) bond motifs is 1. The highest BCUT2D eigenvalue weighted by atomic mass is 35.5. The number of nitrogens with one attached hydrogen (secondary N) is 2. The van der Waals surface area contributed by atoms with Crippen LogP contribution in [0.2, 0.25) is 5.02 Å². The van der Waals surface area contributed by atoms with E-state index in [1.54, 1.807) is 44.4 Å². The zero-order valence-corrected chi connectivity index (χ0v) is 19.7. The van der Waals surface area contributed by atoms with Gasteiger partial charge >= 0.3 is 0 Å². The number of amides is 3. The molecule has 10 nitrogen and oxygen atoms in total. The zero-order chi connectivity index (χ0) is 25.1. The van der Waals surface area contributed by atoms with E-state index in [9.17, 15) is 14.4 Å². The molecule has 4 rings (SSSR count). The maximum Gasteiger partial charge on any atom is 0.294 e. The number of hydrogen-bond acceptors (Lipinski definition) is 7. The molecule has 1 aromatic carbocycles. The Balaban J connectivity index is 1.68. The fourth-order valence-electron chi connectivity index (χ4n) is 3.18. The lowest BCUT2D eigenvalue weighted by molar-refractivity contribution is 0.0826. The Bertz CT molecular complexity index is 1420. The number of carbonyl (C=O) groups excluding carboxylic acids is 3. The molecule has 0 radical (unpaired) electrons. The van der Waals surface area contributed by atoms with E-state index < -0.39 is 11.8 Å². The zero-order valence-electron chi connectivity index (χ0n) is 19.0. The molecule has 0 fully saturated rings. The number of benzene rings is 1. The molecule has 0 atom stereocenters. The summed E-state index contributed by atoms with van der Waals surface area (Å²) in [7, 11) is 4.73. The van der Waals surface area contributed by atoms with Crippen molar-refractivity contribution in [2.24, 2.45) is 0 Å². The van der Waals surface area contributed by atoms with Gasteiger partial charge in [-0.25, -0.2) is 9.97 Å². The first-order valence-electron chi connectivity index (χ1n) is 10.3. The Kier molecular flexibility index (Phi) is 6.65. The lowest BCUT2D eigenvalue weighted by Crippen LogP contribution is -2.22. The molecule has 3 heterocycles. The quantitative estimate of drug-likeness (QED) is 0.414. The van der Waals surface area contributed by atoms with Crippen molar-refractivity contribution in [3.8, 4) is 5.88 Å². The summed E-state index contributed by atoms with van der Waals surface area (Å²) < 4.78 is 10.9. The summed E-state index contributed by atoms with van der Waals surface area (Å²) in [6.45, 7) is 0. The molecule has 4 aromatic rings. The van der Waals surface area contributed by atoms with Gasteiger partial charge in [0.1, 0.15) is 17.0 Å². The number of pyridine rings is 2. The minimum absolute atomic E-state index is 0.0591. The molecule has 0 unspecified atom stereocenters. The minimum atomic E-state index is -0.654. The standard InChI is InChI=1S/C24H20ClN5O5/c1-30(2)24(33)14-6-4-13(5-7-14)22(31)29-20-19-16(9-11-18(28-19)34-3)35-21(20)23(32)27-17-10-8-15(25)12-26-17/h4-12H,1-3H3,(H,29,31)(H,26,27,32). The fourth-order valence-corrected chi connectivity index (χ4v) is 3.29. The largest absolute Gasteiger partial charge is 0.481 e. The predicted molar refractivity (Wildman–Crippen MR) is 130 cm³/mol. The average molecular weight is 494 g/mol. The molecule has 35 heavy (non-hydrogen) atoms. The van der Waals surface area contributed by atoms with Crippen molar-refractivity contribution in [2.45, 2.75) is 0 Å². The molecule has 0 bridgehead atoms. The summed E-state index contributed by atoms with van der Waals surface area (Å²) in [5.74, 6) is -1.04. The Morgan fingerprint density at radius 2 is 1.66 bits per heavy atom. The number of anilines is 2. The van der Waals surface area contributed by atoms with E-state index in [0.717, 1.165) is 0 Å². The fraction of sp³-hybridized carbons (Fsp3) is 0.125. The third-order valence-electron chi connectivity index (χ3n) is 4.93. The monoisotopic (exact) mass is 493 g/mol. The van der Waals surface area contributed by atoms with E-state index in [2.05, 4.69) is 20.6 Å². The molecule has 178 valence electrons. The van der Waals surface area contributed by atoms with Crippen molar-refractivity contribution < 1.29 is 23.5 Å². The van der Waals surface area contributed by atoms with Gasteiger partial charge in [-0.15, -0.1) is 0 Å². The Morgan fingerprint density at radius 1 is 0.943 bits per heavy atom. The normalized spacial score (nSPS) is 10.6. The summed E-state index contributed by atoms with van der Waals surface area (Å²) in [6.07, 6.45) is 1.38. The van der Waals surface area contributed by atoms with Crippen LogP contribution in [0.15, 0.2) is 59.1 Å². The number of hydrogen-bond donors (Lipinski definition) is 2. The molecule has 0 aliphatic heterocycles. The van der Waals surface area contributed by atoms with Crippen LogP contribution in [0.4, 0.5) is 11.5 Å². The van der Waals surface area contributed by atoms with Crippen molar-refractivity contribution in [3.05, 3.63) is 76.6 Å². The maximum absolute atomic E-state index is 13.0. The second-order valence-corrected chi connectivity index (χ2v) is 7.99. The minimum Gasteiger partial charge on any atom is -0.481 e. The number of carbonyl (C=O) groups is 3. The van der Waals surface area contributed by atoms with Gasteiger partial charge in [0.25, 0.3) is 17.7 Å². The summed E-state index contributed by atoms with van der Waals surface area (Å²) in [4.78, 5) is 48.0. The van der Waals surface area contributed by atoms with E-state index in [4.69, 9.17) is 20.8 Å². The van der Waals surface area contributed by atoms with Crippen molar-refractivity contribution in [2.75, 3.05) is 31.8 Å². The van der Waals surface area contributed by atoms with Crippen molar-refractivity contribution in [1.82, 2.24) is 14.9 Å².